The first-order chi connectivity index (χ1) is 13.0. The Labute approximate surface area is 156 Å². The zero-order valence-electron chi connectivity index (χ0n) is 14.9. The smallest absolute Gasteiger partial charge is 0.264 e. The molecule has 1 aliphatic rings. The summed E-state index contributed by atoms with van der Waals surface area (Å²) in [5.74, 6) is -0.652. The van der Waals surface area contributed by atoms with Crippen LogP contribution < -0.4 is 10.5 Å². The number of anilines is 1. The number of fused-ring (bicyclic) bond motifs is 1. The van der Waals surface area contributed by atoms with E-state index in [2.05, 4.69) is 0 Å². The van der Waals surface area contributed by atoms with Crippen molar-refractivity contribution in [1.29, 1.82) is 0 Å². The van der Waals surface area contributed by atoms with E-state index in [4.69, 9.17) is 0 Å². The van der Waals surface area contributed by atoms with Crippen LogP contribution in [0.2, 0.25) is 0 Å². The minimum Gasteiger partial charge on any atom is -0.310 e. The molecule has 27 heavy (non-hydrogen) atoms. The summed E-state index contributed by atoms with van der Waals surface area (Å²) in [4.78, 5) is 27.7. The second kappa shape index (κ2) is 6.83. The van der Waals surface area contributed by atoms with Gasteiger partial charge < -0.3 is 9.47 Å². The summed E-state index contributed by atoms with van der Waals surface area (Å²) in [5, 5.41) is 0. The Morgan fingerprint density at radius 1 is 1.11 bits per heavy atom. The Bertz CT molecular complexity index is 1070. The topological polar surface area (TPSA) is 42.3 Å². The highest BCUT2D eigenvalue weighted by Gasteiger charge is 2.32. The highest BCUT2D eigenvalue weighted by molar-refractivity contribution is 6.07. The van der Waals surface area contributed by atoms with E-state index in [1.54, 1.807) is 35.4 Å². The van der Waals surface area contributed by atoms with Crippen molar-refractivity contribution < 1.29 is 9.18 Å². The van der Waals surface area contributed by atoms with E-state index in [-0.39, 0.29) is 35.4 Å². The van der Waals surface area contributed by atoms with Crippen LogP contribution in [0.3, 0.4) is 0 Å². The van der Waals surface area contributed by atoms with E-state index in [9.17, 15) is 14.0 Å². The SMILES string of the molecule is C[C@@H]1Cc2ccccc2N1C(=O)c1cccn(Cc2cccc(F)c2)c1=O. The van der Waals surface area contributed by atoms with Gasteiger partial charge in [0.15, 0.2) is 0 Å². The molecule has 1 amide bonds. The zero-order valence-corrected chi connectivity index (χ0v) is 14.9. The third-order valence-electron chi connectivity index (χ3n) is 4.92. The molecule has 0 spiro atoms. The molecule has 0 saturated heterocycles. The largest absolute Gasteiger partial charge is 0.310 e. The highest BCUT2D eigenvalue weighted by atomic mass is 19.1. The number of nitrogens with zero attached hydrogens (tertiary/aromatic N) is 2. The lowest BCUT2D eigenvalue weighted by atomic mass is 10.1. The number of halogens is 1. The van der Waals surface area contributed by atoms with E-state index in [0.717, 1.165) is 17.7 Å². The average Bonchev–Trinajstić information content (AvgIpc) is 2.99. The Kier molecular flexibility index (Phi) is 4.36. The summed E-state index contributed by atoms with van der Waals surface area (Å²) < 4.78 is 14.9. The van der Waals surface area contributed by atoms with Crippen molar-refractivity contribution in [2.75, 3.05) is 4.90 Å². The lowest BCUT2D eigenvalue weighted by Crippen LogP contribution is -2.39. The van der Waals surface area contributed by atoms with Gasteiger partial charge in [-0.1, -0.05) is 30.3 Å². The quantitative estimate of drug-likeness (QED) is 0.714. The summed E-state index contributed by atoms with van der Waals surface area (Å²) in [6.45, 7) is 2.19. The molecule has 0 radical (unpaired) electrons. The average molecular weight is 362 g/mol. The van der Waals surface area contributed by atoms with Gasteiger partial charge in [0, 0.05) is 17.9 Å². The number of para-hydroxylation sites is 1. The van der Waals surface area contributed by atoms with Gasteiger partial charge in [-0.05, 0) is 54.8 Å². The normalized spacial score (nSPS) is 15.6. The first-order valence-corrected chi connectivity index (χ1v) is 8.90. The molecule has 4 rings (SSSR count). The zero-order chi connectivity index (χ0) is 19.0. The van der Waals surface area contributed by atoms with Crippen molar-refractivity contribution in [1.82, 2.24) is 4.57 Å². The highest BCUT2D eigenvalue weighted by Crippen LogP contribution is 2.32. The Morgan fingerprint density at radius 2 is 1.93 bits per heavy atom. The summed E-state index contributed by atoms with van der Waals surface area (Å²) in [6, 6.07) is 17.1. The van der Waals surface area contributed by atoms with Crippen molar-refractivity contribution in [3.8, 4) is 0 Å². The van der Waals surface area contributed by atoms with Gasteiger partial charge in [-0.25, -0.2) is 4.39 Å². The van der Waals surface area contributed by atoms with E-state index in [1.165, 1.54) is 16.7 Å². The van der Waals surface area contributed by atoms with Gasteiger partial charge in [0.25, 0.3) is 11.5 Å². The molecule has 136 valence electrons. The van der Waals surface area contributed by atoms with Crippen molar-refractivity contribution in [2.24, 2.45) is 0 Å². The lowest BCUT2D eigenvalue weighted by molar-refractivity contribution is 0.0979. The standard InChI is InChI=1S/C22H19FN2O2/c1-15-12-17-7-2-3-10-20(17)25(15)22(27)19-9-5-11-24(21(19)26)14-16-6-4-8-18(23)13-16/h2-11,13,15H,12,14H2,1H3/t15-/m1/s1. The van der Waals surface area contributed by atoms with E-state index < -0.39 is 0 Å². The number of amides is 1. The summed E-state index contributed by atoms with van der Waals surface area (Å²) in [6.07, 6.45) is 2.39. The minimum absolute atomic E-state index is 0.00817. The van der Waals surface area contributed by atoms with Crippen molar-refractivity contribution >= 4 is 11.6 Å². The van der Waals surface area contributed by atoms with Crippen LogP contribution in [0.4, 0.5) is 10.1 Å². The summed E-state index contributed by atoms with van der Waals surface area (Å²) >= 11 is 0. The first-order valence-electron chi connectivity index (χ1n) is 8.90. The Hall–Kier alpha value is -3.21. The predicted molar refractivity (Wildman–Crippen MR) is 103 cm³/mol. The van der Waals surface area contributed by atoms with Crippen molar-refractivity contribution in [3.63, 3.8) is 0 Å². The van der Waals surface area contributed by atoms with Crippen LogP contribution in [0.25, 0.3) is 0 Å². The molecular weight excluding hydrogens is 343 g/mol. The molecule has 2 heterocycles. The molecule has 0 saturated carbocycles. The number of hydrogen-bond donors (Lipinski definition) is 0. The number of pyridine rings is 1. The van der Waals surface area contributed by atoms with Crippen LogP contribution in [0.1, 0.15) is 28.4 Å². The second-order valence-electron chi connectivity index (χ2n) is 6.84. The fourth-order valence-electron chi connectivity index (χ4n) is 3.66. The van der Waals surface area contributed by atoms with Gasteiger partial charge in [-0.2, -0.15) is 0 Å². The molecule has 1 aliphatic heterocycles. The molecule has 1 aromatic heterocycles. The molecule has 0 aliphatic carbocycles. The molecular formula is C22H19FN2O2. The number of carbonyl (C=O) groups excluding carboxylic acids is 1. The molecule has 4 nitrogen and oxygen atoms in total. The van der Waals surface area contributed by atoms with Crippen LogP contribution in [0.15, 0.2) is 71.7 Å². The van der Waals surface area contributed by atoms with Crippen molar-refractivity contribution in [3.05, 3.63) is 99.7 Å². The van der Waals surface area contributed by atoms with E-state index in [0.29, 0.717) is 5.56 Å². The van der Waals surface area contributed by atoms with Crippen LogP contribution in [-0.2, 0) is 13.0 Å². The number of carbonyl (C=O) groups is 1. The fourth-order valence-corrected chi connectivity index (χ4v) is 3.66. The van der Waals surface area contributed by atoms with Crippen LogP contribution >= 0.6 is 0 Å². The van der Waals surface area contributed by atoms with Crippen molar-refractivity contribution in [2.45, 2.75) is 25.9 Å². The fraction of sp³-hybridized carbons (Fsp3) is 0.182. The van der Waals surface area contributed by atoms with Gasteiger partial charge in [-0.3, -0.25) is 9.59 Å². The molecule has 0 unspecified atom stereocenters. The maximum Gasteiger partial charge on any atom is 0.264 e. The molecule has 3 aromatic rings. The maximum absolute atomic E-state index is 13.4. The van der Waals surface area contributed by atoms with Crippen LogP contribution in [-0.4, -0.2) is 16.5 Å². The van der Waals surface area contributed by atoms with Gasteiger partial charge >= 0.3 is 0 Å². The molecule has 5 heteroatoms. The molecule has 0 bridgehead atoms. The summed E-state index contributed by atoms with van der Waals surface area (Å²) in [5.41, 5.74) is 2.38. The van der Waals surface area contributed by atoms with Gasteiger partial charge in [0.2, 0.25) is 0 Å². The third kappa shape index (κ3) is 3.16. The second-order valence-corrected chi connectivity index (χ2v) is 6.84. The molecule has 2 aromatic carbocycles. The van der Waals surface area contributed by atoms with E-state index in [1.807, 2.05) is 31.2 Å². The maximum atomic E-state index is 13.4. The first kappa shape index (κ1) is 17.2. The minimum atomic E-state index is -0.372. The predicted octanol–water partition coefficient (Wildman–Crippen LogP) is 3.63. The van der Waals surface area contributed by atoms with Gasteiger partial charge in [-0.15, -0.1) is 0 Å². The number of aromatic nitrogens is 1. The van der Waals surface area contributed by atoms with E-state index >= 15 is 0 Å². The van der Waals surface area contributed by atoms with Gasteiger partial charge in [0.05, 0.1) is 6.54 Å². The van der Waals surface area contributed by atoms with Crippen LogP contribution in [0.5, 0.6) is 0 Å². The number of benzene rings is 2. The van der Waals surface area contributed by atoms with Gasteiger partial charge in [0.1, 0.15) is 11.4 Å². The molecule has 0 N–H and O–H groups in total. The monoisotopic (exact) mass is 362 g/mol. The number of rotatable bonds is 3. The third-order valence-corrected chi connectivity index (χ3v) is 4.92. The Morgan fingerprint density at radius 3 is 2.74 bits per heavy atom. The number of hydrogen-bond acceptors (Lipinski definition) is 2. The summed E-state index contributed by atoms with van der Waals surface area (Å²) in [7, 11) is 0. The van der Waals surface area contributed by atoms with Crippen LogP contribution in [0, 0.1) is 5.82 Å². The molecule has 0 fully saturated rings. The lowest BCUT2D eigenvalue weighted by Gasteiger charge is -2.22. The molecule has 1 atom stereocenters. The Balaban J connectivity index is 1.69.